The average Bonchev–Trinajstić information content (AvgIpc) is 2.68. The second kappa shape index (κ2) is 12.6. The fourth-order valence-electron chi connectivity index (χ4n) is 3.00. The van der Waals surface area contributed by atoms with Crippen LogP contribution in [0.3, 0.4) is 0 Å². The quantitative estimate of drug-likeness (QED) is 0.337. The monoisotopic (exact) mass is 400 g/mol. The Morgan fingerprint density at radius 1 is 0.931 bits per heavy atom. The zero-order chi connectivity index (χ0) is 21.8. The lowest BCUT2D eigenvalue weighted by Gasteiger charge is -2.23. The predicted octanol–water partition coefficient (Wildman–Crippen LogP) is 6.93. The molecular weight excluding hydrogens is 360 g/mol. The number of hydrogen-bond acceptors (Lipinski definition) is 3. The third-order valence-corrected chi connectivity index (χ3v) is 4.98. The summed E-state index contributed by atoms with van der Waals surface area (Å²) in [7, 11) is 0. The maximum Gasteiger partial charge on any atom is 0.311 e. The Balaban J connectivity index is 2.51. The molecule has 0 aliphatic heterocycles. The largest absolute Gasteiger partial charge is 0.466 e. The summed E-state index contributed by atoms with van der Waals surface area (Å²) in [5.41, 5.74) is 2.16. The first-order valence-corrected chi connectivity index (χ1v) is 10.9. The van der Waals surface area contributed by atoms with Gasteiger partial charge in [-0.05, 0) is 76.0 Å². The fraction of sp³-hybridized carbons (Fsp3) is 0.577. The van der Waals surface area contributed by atoms with Crippen molar-refractivity contribution in [1.82, 2.24) is 0 Å². The number of carbonyl (C=O) groups is 1. The Bertz CT molecular complexity index is 668. The van der Waals surface area contributed by atoms with Crippen LogP contribution in [0.2, 0.25) is 0 Å². The van der Waals surface area contributed by atoms with Crippen LogP contribution < -0.4 is 0 Å². The van der Waals surface area contributed by atoms with E-state index in [1.54, 1.807) is 0 Å². The first kappa shape index (κ1) is 25.2. The molecule has 0 aliphatic carbocycles. The molecular formula is C26H40O3. The summed E-state index contributed by atoms with van der Waals surface area (Å²) < 4.78 is 10.7. The van der Waals surface area contributed by atoms with Crippen molar-refractivity contribution in [2.75, 3.05) is 19.8 Å². The van der Waals surface area contributed by atoms with E-state index in [0.29, 0.717) is 6.61 Å². The van der Waals surface area contributed by atoms with Crippen LogP contribution in [0.4, 0.5) is 0 Å². The van der Waals surface area contributed by atoms with Gasteiger partial charge in [0, 0.05) is 6.61 Å². The van der Waals surface area contributed by atoms with Gasteiger partial charge in [0.1, 0.15) is 0 Å². The molecule has 0 bridgehead atoms. The highest BCUT2D eigenvalue weighted by molar-refractivity contribution is 5.75. The minimum absolute atomic E-state index is 0.120. The van der Waals surface area contributed by atoms with E-state index >= 15 is 0 Å². The number of esters is 1. The van der Waals surface area contributed by atoms with Crippen LogP contribution in [0.5, 0.6) is 0 Å². The first-order valence-electron chi connectivity index (χ1n) is 10.9. The van der Waals surface area contributed by atoms with Crippen molar-refractivity contribution in [3.63, 3.8) is 0 Å². The Hall–Kier alpha value is -1.87. The second-order valence-electron chi connectivity index (χ2n) is 8.96. The number of allylic oxidation sites excluding steroid dienone is 2. The SMILES string of the molecule is CCOCC(C)(C)CC/C=C\c1cccc(/C=C/CCC(C)(C)C(=O)OCC)c1. The van der Waals surface area contributed by atoms with Gasteiger partial charge in [0.15, 0.2) is 0 Å². The van der Waals surface area contributed by atoms with Gasteiger partial charge in [0.25, 0.3) is 0 Å². The van der Waals surface area contributed by atoms with Crippen LogP contribution in [-0.2, 0) is 14.3 Å². The lowest BCUT2D eigenvalue weighted by Crippen LogP contribution is -2.26. The van der Waals surface area contributed by atoms with Crippen molar-refractivity contribution in [2.45, 2.75) is 67.2 Å². The van der Waals surface area contributed by atoms with Crippen molar-refractivity contribution < 1.29 is 14.3 Å². The Morgan fingerprint density at radius 3 is 2.07 bits per heavy atom. The van der Waals surface area contributed by atoms with E-state index in [0.717, 1.165) is 38.9 Å². The van der Waals surface area contributed by atoms with E-state index < -0.39 is 5.41 Å². The predicted molar refractivity (Wildman–Crippen MR) is 124 cm³/mol. The Morgan fingerprint density at radius 2 is 1.52 bits per heavy atom. The van der Waals surface area contributed by atoms with Gasteiger partial charge < -0.3 is 9.47 Å². The summed E-state index contributed by atoms with van der Waals surface area (Å²) in [6.45, 7) is 14.3. The molecule has 1 aromatic carbocycles. The maximum atomic E-state index is 12.0. The Kier molecular flexibility index (Phi) is 11.0. The molecule has 0 spiro atoms. The van der Waals surface area contributed by atoms with Crippen LogP contribution in [0.15, 0.2) is 36.4 Å². The molecule has 0 atom stereocenters. The van der Waals surface area contributed by atoms with E-state index in [-0.39, 0.29) is 11.4 Å². The molecule has 0 radical (unpaired) electrons. The summed E-state index contributed by atoms with van der Waals surface area (Å²) in [6, 6.07) is 8.51. The molecule has 0 fully saturated rings. The Labute approximate surface area is 178 Å². The van der Waals surface area contributed by atoms with Crippen molar-refractivity contribution in [1.29, 1.82) is 0 Å². The normalized spacial score (nSPS) is 12.8. The molecule has 29 heavy (non-hydrogen) atoms. The maximum absolute atomic E-state index is 12.0. The molecule has 3 nitrogen and oxygen atoms in total. The summed E-state index contributed by atoms with van der Waals surface area (Å²) in [4.78, 5) is 12.0. The molecule has 0 aromatic heterocycles. The number of hydrogen-bond donors (Lipinski definition) is 0. The van der Waals surface area contributed by atoms with Gasteiger partial charge in [-0.25, -0.2) is 0 Å². The first-order chi connectivity index (χ1) is 13.7. The van der Waals surface area contributed by atoms with E-state index in [2.05, 4.69) is 62.4 Å². The molecule has 0 saturated carbocycles. The highest BCUT2D eigenvalue weighted by Gasteiger charge is 2.27. The van der Waals surface area contributed by atoms with Crippen molar-refractivity contribution in [3.8, 4) is 0 Å². The standard InChI is InChI=1S/C26H40O3/c1-7-28-21-25(3,4)18-11-9-14-22-16-13-17-23(20-22)15-10-12-19-26(5,6)24(27)29-8-2/h9-10,13-17,20H,7-8,11-12,18-19,21H2,1-6H3/b14-9-,15-10+. The van der Waals surface area contributed by atoms with Crippen LogP contribution in [0, 0.1) is 10.8 Å². The van der Waals surface area contributed by atoms with E-state index in [1.807, 2.05) is 27.7 Å². The molecule has 162 valence electrons. The summed E-state index contributed by atoms with van der Waals surface area (Å²) >= 11 is 0. The van der Waals surface area contributed by atoms with Gasteiger partial charge in [0.2, 0.25) is 0 Å². The van der Waals surface area contributed by atoms with Crippen molar-refractivity contribution >= 4 is 18.1 Å². The zero-order valence-corrected chi connectivity index (χ0v) is 19.3. The van der Waals surface area contributed by atoms with Gasteiger partial charge in [-0.3, -0.25) is 4.79 Å². The number of carbonyl (C=O) groups excluding carboxylic acids is 1. The van der Waals surface area contributed by atoms with Crippen molar-refractivity contribution in [3.05, 3.63) is 47.5 Å². The van der Waals surface area contributed by atoms with Crippen LogP contribution >= 0.6 is 0 Å². The van der Waals surface area contributed by atoms with E-state index in [9.17, 15) is 4.79 Å². The van der Waals surface area contributed by atoms with Gasteiger partial charge in [0.05, 0.1) is 18.6 Å². The smallest absolute Gasteiger partial charge is 0.311 e. The van der Waals surface area contributed by atoms with Crippen LogP contribution in [0.25, 0.3) is 12.2 Å². The van der Waals surface area contributed by atoms with Gasteiger partial charge in [-0.2, -0.15) is 0 Å². The third-order valence-electron chi connectivity index (χ3n) is 4.98. The summed E-state index contributed by atoms with van der Waals surface area (Å²) in [5, 5.41) is 0. The van der Waals surface area contributed by atoms with Crippen LogP contribution in [-0.4, -0.2) is 25.8 Å². The van der Waals surface area contributed by atoms with Crippen molar-refractivity contribution in [2.24, 2.45) is 10.8 Å². The van der Waals surface area contributed by atoms with Crippen LogP contribution in [0.1, 0.15) is 78.4 Å². The van der Waals surface area contributed by atoms with Gasteiger partial charge >= 0.3 is 5.97 Å². The minimum atomic E-state index is -0.444. The zero-order valence-electron chi connectivity index (χ0n) is 19.3. The number of benzene rings is 1. The summed E-state index contributed by atoms with van der Waals surface area (Å²) in [6.07, 6.45) is 12.5. The molecule has 0 heterocycles. The average molecular weight is 401 g/mol. The molecule has 0 amide bonds. The van der Waals surface area contributed by atoms with Gasteiger partial charge in [-0.1, -0.05) is 56.4 Å². The molecule has 1 aromatic rings. The van der Waals surface area contributed by atoms with Gasteiger partial charge in [-0.15, -0.1) is 0 Å². The molecule has 0 saturated heterocycles. The van der Waals surface area contributed by atoms with E-state index in [1.165, 1.54) is 11.1 Å². The molecule has 0 aliphatic rings. The lowest BCUT2D eigenvalue weighted by atomic mass is 9.88. The third kappa shape index (κ3) is 10.5. The molecule has 3 heteroatoms. The number of rotatable bonds is 13. The minimum Gasteiger partial charge on any atom is -0.466 e. The number of ether oxygens (including phenoxy) is 2. The molecule has 1 rings (SSSR count). The molecule has 0 N–H and O–H groups in total. The summed E-state index contributed by atoms with van der Waals surface area (Å²) in [5.74, 6) is -0.120. The van der Waals surface area contributed by atoms with E-state index in [4.69, 9.17) is 9.47 Å². The lowest BCUT2D eigenvalue weighted by molar-refractivity contribution is -0.153. The topological polar surface area (TPSA) is 35.5 Å². The highest BCUT2D eigenvalue weighted by Crippen LogP contribution is 2.25. The second-order valence-corrected chi connectivity index (χ2v) is 8.96. The fourth-order valence-corrected chi connectivity index (χ4v) is 3.00. The highest BCUT2D eigenvalue weighted by atomic mass is 16.5. The molecule has 0 unspecified atom stereocenters.